The number of ether oxygens (including phenoxy) is 2. The second kappa shape index (κ2) is 14.4. The predicted octanol–water partition coefficient (Wildman–Crippen LogP) is 6.05. The van der Waals surface area contributed by atoms with Crippen LogP contribution in [0.4, 0.5) is 0 Å². The van der Waals surface area contributed by atoms with Gasteiger partial charge in [0.15, 0.2) is 0 Å². The van der Waals surface area contributed by atoms with Gasteiger partial charge in [-0.3, -0.25) is 9.59 Å². The molecule has 0 aliphatic rings. The molecule has 0 aliphatic carbocycles. The van der Waals surface area contributed by atoms with Gasteiger partial charge in [0.1, 0.15) is 5.78 Å². The molecule has 0 aromatic heterocycles. The van der Waals surface area contributed by atoms with E-state index < -0.39 is 5.92 Å². The zero-order chi connectivity index (χ0) is 23.2. The van der Waals surface area contributed by atoms with E-state index in [1.165, 1.54) is 0 Å². The van der Waals surface area contributed by atoms with E-state index in [1.54, 1.807) is 6.92 Å². The number of esters is 2. The molecule has 0 N–H and O–H groups in total. The summed E-state index contributed by atoms with van der Waals surface area (Å²) in [6.07, 6.45) is 10.3. The van der Waals surface area contributed by atoms with Crippen molar-refractivity contribution in [1.29, 1.82) is 0 Å². The molecule has 0 bridgehead atoms. The van der Waals surface area contributed by atoms with Crippen molar-refractivity contribution in [2.75, 3.05) is 13.2 Å². The molecule has 0 rings (SSSR count). The molecular formula is C25H44O5. The lowest BCUT2D eigenvalue weighted by Crippen LogP contribution is -2.27. The van der Waals surface area contributed by atoms with Gasteiger partial charge in [-0.05, 0) is 43.4 Å². The number of rotatable bonds is 14. The Morgan fingerprint density at radius 3 is 1.93 bits per heavy atom. The van der Waals surface area contributed by atoms with Crippen molar-refractivity contribution in [1.82, 2.24) is 0 Å². The number of carbonyl (C=O) groups excluding carboxylic acids is 3. The maximum Gasteiger partial charge on any atom is 0.309 e. The Hall–Kier alpha value is -1.65. The van der Waals surface area contributed by atoms with Crippen LogP contribution < -0.4 is 0 Å². The average Bonchev–Trinajstić information content (AvgIpc) is 2.60. The van der Waals surface area contributed by atoms with Crippen molar-refractivity contribution in [2.24, 2.45) is 16.7 Å². The molecule has 1 unspecified atom stereocenters. The maximum atomic E-state index is 12.5. The minimum atomic E-state index is -0.522. The van der Waals surface area contributed by atoms with Gasteiger partial charge in [-0.15, -0.1) is 0 Å². The van der Waals surface area contributed by atoms with Crippen LogP contribution in [0.2, 0.25) is 0 Å². The molecule has 0 radical (unpaired) electrons. The largest absolute Gasteiger partial charge is 0.465 e. The number of Topliss-reactive ketones (excluding diaryl/α,β-unsaturated/α-hetero) is 1. The number of allylic oxidation sites excluding steroid dienone is 2. The molecule has 0 aromatic carbocycles. The van der Waals surface area contributed by atoms with Gasteiger partial charge < -0.3 is 14.3 Å². The minimum absolute atomic E-state index is 0.0362. The minimum Gasteiger partial charge on any atom is -0.465 e. The summed E-state index contributed by atoms with van der Waals surface area (Å²) in [6.45, 7) is 14.3. The summed E-state index contributed by atoms with van der Waals surface area (Å²) in [5.74, 6) is -0.972. The van der Waals surface area contributed by atoms with E-state index in [1.807, 2.05) is 47.6 Å². The van der Waals surface area contributed by atoms with Crippen molar-refractivity contribution >= 4 is 17.7 Å². The third kappa shape index (κ3) is 18.4. The lowest BCUT2D eigenvalue weighted by molar-refractivity contribution is -0.157. The summed E-state index contributed by atoms with van der Waals surface area (Å²) >= 11 is 0. The van der Waals surface area contributed by atoms with Crippen molar-refractivity contribution in [3.63, 3.8) is 0 Å². The van der Waals surface area contributed by atoms with Crippen LogP contribution in [0.5, 0.6) is 0 Å². The standard InChI is InChI=1S/C25H44O5/c1-20(26)15-13-11-9-8-10-12-14-16-21(23(28)30-19-25(5,6)7)17-22(27)29-18-24(2,3)4/h12,14,21H,8-11,13,15-19H2,1-7H3. The van der Waals surface area contributed by atoms with E-state index >= 15 is 0 Å². The van der Waals surface area contributed by atoms with Crippen LogP contribution in [0.25, 0.3) is 0 Å². The Kier molecular flexibility index (Phi) is 13.6. The highest BCUT2D eigenvalue weighted by molar-refractivity contribution is 5.80. The van der Waals surface area contributed by atoms with E-state index in [0.29, 0.717) is 26.1 Å². The summed E-state index contributed by atoms with van der Waals surface area (Å²) in [6, 6.07) is 0. The van der Waals surface area contributed by atoms with Crippen LogP contribution in [-0.2, 0) is 23.9 Å². The van der Waals surface area contributed by atoms with Crippen LogP contribution in [0.15, 0.2) is 12.2 Å². The van der Waals surface area contributed by atoms with Gasteiger partial charge in [0.25, 0.3) is 0 Å². The monoisotopic (exact) mass is 424 g/mol. The predicted molar refractivity (Wildman–Crippen MR) is 121 cm³/mol. The van der Waals surface area contributed by atoms with E-state index in [2.05, 4.69) is 6.08 Å². The number of carbonyl (C=O) groups is 3. The molecule has 30 heavy (non-hydrogen) atoms. The number of unbranched alkanes of at least 4 members (excludes halogenated alkanes) is 4. The fourth-order valence-corrected chi connectivity index (χ4v) is 2.59. The summed E-state index contributed by atoms with van der Waals surface area (Å²) < 4.78 is 10.8. The third-order valence-corrected chi connectivity index (χ3v) is 4.30. The molecule has 5 heteroatoms. The lowest BCUT2D eigenvalue weighted by Gasteiger charge is -2.21. The van der Waals surface area contributed by atoms with Crippen LogP contribution in [0.1, 0.15) is 99.8 Å². The van der Waals surface area contributed by atoms with Crippen molar-refractivity contribution in [3.05, 3.63) is 12.2 Å². The van der Waals surface area contributed by atoms with Crippen LogP contribution in [0, 0.1) is 16.7 Å². The number of hydrogen-bond donors (Lipinski definition) is 0. The number of ketones is 1. The molecule has 0 heterocycles. The fraction of sp³-hybridized carbons (Fsp3) is 0.800. The van der Waals surface area contributed by atoms with Gasteiger partial charge in [0.05, 0.1) is 25.6 Å². The quantitative estimate of drug-likeness (QED) is 0.193. The molecule has 0 saturated carbocycles. The first-order valence-corrected chi connectivity index (χ1v) is 11.3. The molecular weight excluding hydrogens is 380 g/mol. The topological polar surface area (TPSA) is 69.7 Å². The van der Waals surface area contributed by atoms with E-state index in [-0.39, 0.29) is 35.0 Å². The zero-order valence-electron chi connectivity index (χ0n) is 20.3. The zero-order valence-corrected chi connectivity index (χ0v) is 20.3. The maximum absolute atomic E-state index is 12.5. The van der Waals surface area contributed by atoms with Gasteiger partial charge in [-0.1, -0.05) is 66.5 Å². The Balaban J connectivity index is 4.52. The molecule has 0 spiro atoms. The van der Waals surface area contributed by atoms with Gasteiger partial charge in [-0.25, -0.2) is 0 Å². The summed E-state index contributed by atoms with van der Waals surface area (Å²) in [5, 5.41) is 0. The lowest BCUT2D eigenvalue weighted by atomic mass is 9.97. The highest BCUT2D eigenvalue weighted by Crippen LogP contribution is 2.19. The van der Waals surface area contributed by atoms with Gasteiger partial charge in [0, 0.05) is 6.42 Å². The summed E-state index contributed by atoms with van der Waals surface area (Å²) in [7, 11) is 0. The van der Waals surface area contributed by atoms with Gasteiger partial charge >= 0.3 is 11.9 Å². The average molecular weight is 425 g/mol. The molecule has 0 saturated heterocycles. The Morgan fingerprint density at radius 1 is 0.800 bits per heavy atom. The Bertz CT molecular complexity index is 549. The first-order valence-electron chi connectivity index (χ1n) is 11.3. The molecule has 0 fully saturated rings. The first-order chi connectivity index (χ1) is 13.8. The number of hydrogen-bond acceptors (Lipinski definition) is 5. The highest BCUT2D eigenvalue weighted by Gasteiger charge is 2.25. The van der Waals surface area contributed by atoms with Crippen LogP contribution in [-0.4, -0.2) is 30.9 Å². The third-order valence-electron chi connectivity index (χ3n) is 4.30. The molecule has 0 aliphatic heterocycles. The van der Waals surface area contributed by atoms with Crippen LogP contribution >= 0.6 is 0 Å². The Labute approximate surface area is 184 Å². The summed E-state index contributed by atoms with van der Waals surface area (Å²) in [5.41, 5.74) is -0.229. The molecule has 5 nitrogen and oxygen atoms in total. The van der Waals surface area contributed by atoms with E-state index in [9.17, 15) is 14.4 Å². The second-order valence-corrected chi connectivity index (χ2v) is 10.7. The highest BCUT2D eigenvalue weighted by atomic mass is 16.5. The summed E-state index contributed by atoms with van der Waals surface area (Å²) in [4.78, 5) is 35.7. The second-order valence-electron chi connectivity index (χ2n) is 10.7. The smallest absolute Gasteiger partial charge is 0.309 e. The van der Waals surface area contributed by atoms with Crippen molar-refractivity contribution < 1.29 is 23.9 Å². The Morgan fingerprint density at radius 2 is 1.37 bits per heavy atom. The van der Waals surface area contributed by atoms with Gasteiger partial charge in [-0.2, -0.15) is 0 Å². The fourth-order valence-electron chi connectivity index (χ4n) is 2.59. The normalized spacial score (nSPS) is 13.3. The van der Waals surface area contributed by atoms with E-state index in [4.69, 9.17) is 9.47 Å². The van der Waals surface area contributed by atoms with Crippen LogP contribution in [0.3, 0.4) is 0 Å². The molecule has 0 amide bonds. The molecule has 0 aromatic rings. The van der Waals surface area contributed by atoms with E-state index in [0.717, 1.165) is 32.1 Å². The first kappa shape index (κ1) is 28.4. The van der Waals surface area contributed by atoms with Gasteiger partial charge in [0.2, 0.25) is 0 Å². The molecule has 1 atom stereocenters. The SMILES string of the molecule is CC(=O)CCCCCCC=CCC(CC(=O)OCC(C)(C)C)C(=O)OCC(C)(C)C. The van der Waals surface area contributed by atoms with Crippen molar-refractivity contribution in [2.45, 2.75) is 99.8 Å². The van der Waals surface area contributed by atoms with Crippen molar-refractivity contribution in [3.8, 4) is 0 Å². The molecule has 174 valence electrons.